The van der Waals surface area contributed by atoms with Gasteiger partial charge in [0, 0.05) is 38.3 Å². The Morgan fingerprint density at radius 2 is 0.750 bits per heavy atom. The molecule has 0 aliphatic carbocycles. The monoisotopic (exact) mass is 536 g/mol. The van der Waals surface area contributed by atoms with Crippen LogP contribution in [0, 0.1) is 0 Å². The second-order valence-electron chi connectivity index (χ2n) is 8.87. The van der Waals surface area contributed by atoms with Gasteiger partial charge in [0.2, 0.25) is 0 Å². The summed E-state index contributed by atoms with van der Waals surface area (Å²) in [6.07, 6.45) is 5.02. The van der Waals surface area contributed by atoms with Gasteiger partial charge < -0.3 is 17.5 Å². The molecule has 206 valence electrons. The van der Waals surface area contributed by atoms with E-state index >= 15 is 0 Å². The zero-order chi connectivity index (χ0) is 28.3. The normalized spacial score (nSPS) is 13.3. The second kappa shape index (κ2) is 17.5. The van der Waals surface area contributed by atoms with Gasteiger partial charge >= 0.3 is 0 Å². The van der Waals surface area contributed by atoms with Crippen molar-refractivity contribution in [1.82, 2.24) is 4.90 Å². The van der Waals surface area contributed by atoms with Crippen molar-refractivity contribution in [2.75, 3.05) is 19.6 Å². The Kier molecular flexibility index (Phi) is 13.0. The molecule has 3 aromatic rings. The maximum absolute atomic E-state index is 5.72. The molecule has 0 spiro atoms. The topological polar surface area (TPSA) is 155 Å². The first-order chi connectivity index (χ1) is 19.7. The van der Waals surface area contributed by atoms with E-state index < -0.39 is 0 Å². The van der Waals surface area contributed by atoms with Crippen LogP contribution in [0.15, 0.2) is 121 Å². The van der Waals surface area contributed by atoms with Crippen LogP contribution in [0.1, 0.15) is 16.7 Å². The number of nitrogens with two attached hydrogens (primary N) is 3. The molecular weight excluding hydrogens is 500 g/mol. The highest BCUT2D eigenvalue weighted by molar-refractivity contribution is 6.34. The zero-order valence-electron chi connectivity index (χ0n) is 22.5. The first kappa shape index (κ1) is 29.6. The van der Waals surface area contributed by atoms with E-state index in [1.165, 1.54) is 0 Å². The minimum absolute atomic E-state index is 0.353. The predicted molar refractivity (Wildman–Crippen MR) is 167 cm³/mol. The first-order valence-electron chi connectivity index (χ1n) is 12.8. The van der Waals surface area contributed by atoms with E-state index in [0.29, 0.717) is 56.4 Å². The van der Waals surface area contributed by atoms with Crippen molar-refractivity contribution in [3.63, 3.8) is 0 Å². The van der Waals surface area contributed by atoms with Gasteiger partial charge in [0.15, 0.2) is 0 Å². The highest BCUT2D eigenvalue weighted by Gasteiger charge is 2.14. The van der Waals surface area contributed by atoms with Crippen molar-refractivity contribution in [3.05, 3.63) is 108 Å². The van der Waals surface area contributed by atoms with Gasteiger partial charge in [0.25, 0.3) is 0 Å². The Labute approximate surface area is 235 Å². The molecule has 0 radical (unpaired) electrons. The Hall–Kier alpha value is -4.96. The van der Waals surface area contributed by atoms with Crippen LogP contribution in [-0.2, 0) is 19.6 Å². The molecule has 40 heavy (non-hydrogen) atoms. The minimum Gasteiger partial charge on any atom is -0.323 e. The summed E-state index contributed by atoms with van der Waals surface area (Å²) in [5, 5.41) is 11.8. The third-order valence-corrected chi connectivity index (χ3v) is 5.73. The van der Waals surface area contributed by atoms with Crippen LogP contribution in [0.25, 0.3) is 0 Å². The number of nitrogens with zero attached hydrogens (tertiary/aromatic N) is 7. The summed E-state index contributed by atoms with van der Waals surface area (Å²) in [7, 11) is 0. The number of hydrogen-bond donors (Lipinski definition) is 3. The lowest BCUT2D eigenvalue weighted by Gasteiger charge is -2.21. The summed E-state index contributed by atoms with van der Waals surface area (Å²) < 4.78 is 0. The number of benzene rings is 3. The van der Waals surface area contributed by atoms with Gasteiger partial charge in [-0.05, 0) is 16.7 Å². The standard InChI is InChI=1S/C30H36N10/c31-37-28(19-34-16-25-10-4-1-5-11-25)22-40(23-29(38-32)20-35-17-26-12-6-2-7-13-26)24-30(39-33)21-36-18-27-14-8-3-9-15-27/h1-15,19-21H,16-18,22-24,31-33H2/b34-19?,35-20?,36-21?,37-28+,38-29+,39-30+. The molecule has 6 N–H and O–H groups in total. The lowest BCUT2D eigenvalue weighted by molar-refractivity contribution is 0.409. The lowest BCUT2D eigenvalue weighted by atomic mass is 10.2. The van der Waals surface area contributed by atoms with E-state index in [1.807, 2.05) is 95.9 Å². The van der Waals surface area contributed by atoms with Crippen LogP contribution in [0.5, 0.6) is 0 Å². The third-order valence-electron chi connectivity index (χ3n) is 5.73. The molecule has 3 rings (SSSR count). The van der Waals surface area contributed by atoms with E-state index in [2.05, 4.69) is 30.3 Å². The average Bonchev–Trinajstić information content (AvgIpc) is 3.00. The maximum atomic E-state index is 5.72. The Balaban J connectivity index is 1.70. The molecule has 0 atom stereocenters. The van der Waals surface area contributed by atoms with E-state index in [9.17, 15) is 0 Å². The van der Waals surface area contributed by atoms with Crippen LogP contribution in [0.3, 0.4) is 0 Å². The van der Waals surface area contributed by atoms with Crippen molar-refractivity contribution in [2.45, 2.75) is 19.6 Å². The van der Waals surface area contributed by atoms with Gasteiger partial charge in [-0.1, -0.05) is 91.0 Å². The van der Waals surface area contributed by atoms with E-state index in [-0.39, 0.29) is 0 Å². The summed E-state index contributed by atoms with van der Waals surface area (Å²) >= 11 is 0. The van der Waals surface area contributed by atoms with Gasteiger partial charge in [-0.15, -0.1) is 0 Å². The van der Waals surface area contributed by atoms with Crippen molar-refractivity contribution in [2.24, 2.45) is 47.8 Å². The molecule has 0 amide bonds. The Bertz CT molecular complexity index is 1150. The summed E-state index contributed by atoms with van der Waals surface area (Å²) in [6, 6.07) is 29.9. The molecule has 0 bridgehead atoms. The highest BCUT2D eigenvalue weighted by Crippen LogP contribution is 2.02. The summed E-state index contributed by atoms with van der Waals surface area (Å²) in [5.74, 6) is 17.2. The van der Waals surface area contributed by atoms with Crippen molar-refractivity contribution < 1.29 is 0 Å². The highest BCUT2D eigenvalue weighted by atomic mass is 15.2. The molecule has 3 aromatic carbocycles. The number of rotatable bonds is 15. The van der Waals surface area contributed by atoms with Crippen LogP contribution in [-0.4, -0.2) is 60.3 Å². The fourth-order valence-electron chi connectivity index (χ4n) is 3.72. The zero-order valence-corrected chi connectivity index (χ0v) is 22.5. The molecule has 0 saturated heterocycles. The smallest absolute Gasteiger partial charge is 0.0918 e. The minimum atomic E-state index is 0.353. The third kappa shape index (κ3) is 11.2. The molecule has 0 aliphatic rings. The fraction of sp³-hybridized carbons (Fsp3) is 0.200. The second-order valence-corrected chi connectivity index (χ2v) is 8.87. The number of hydrazone groups is 3. The van der Waals surface area contributed by atoms with Crippen LogP contribution >= 0.6 is 0 Å². The van der Waals surface area contributed by atoms with Gasteiger partial charge in [0.05, 0.1) is 36.8 Å². The maximum Gasteiger partial charge on any atom is 0.0918 e. The molecule has 10 heteroatoms. The van der Waals surface area contributed by atoms with Crippen LogP contribution in [0.4, 0.5) is 0 Å². The van der Waals surface area contributed by atoms with Crippen LogP contribution < -0.4 is 17.5 Å². The molecule has 0 aromatic heterocycles. The Morgan fingerprint density at radius 3 is 1.00 bits per heavy atom. The number of aliphatic imine (C=N–C) groups is 3. The summed E-state index contributed by atoms with van der Waals surface area (Å²) in [5.41, 5.74) is 4.99. The van der Waals surface area contributed by atoms with Crippen molar-refractivity contribution in [1.29, 1.82) is 0 Å². The lowest BCUT2D eigenvalue weighted by Crippen LogP contribution is -2.40. The Morgan fingerprint density at radius 1 is 0.475 bits per heavy atom. The van der Waals surface area contributed by atoms with E-state index in [1.54, 1.807) is 18.6 Å². The first-order valence-corrected chi connectivity index (χ1v) is 12.8. The molecule has 0 heterocycles. The van der Waals surface area contributed by atoms with Gasteiger partial charge in [-0.25, -0.2) is 0 Å². The van der Waals surface area contributed by atoms with Gasteiger partial charge in [0.1, 0.15) is 0 Å². The summed E-state index contributed by atoms with van der Waals surface area (Å²) in [6.45, 7) is 2.61. The molecule has 10 nitrogen and oxygen atoms in total. The summed E-state index contributed by atoms with van der Waals surface area (Å²) in [4.78, 5) is 15.5. The molecule has 0 saturated carbocycles. The van der Waals surface area contributed by atoms with E-state index in [0.717, 1.165) is 16.7 Å². The van der Waals surface area contributed by atoms with Gasteiger partial charge in [-0.3, -0.25) is 19.9 Å². The van der Waals surface area contributed by atoms with Crippen LogP contribution in [0.2, 0.25) is 0 Å². The van der Waals surface area contributed by atoms with Crippen molar-refractivity contribution in [3.8, 4) is 0 Å². The predicted octanol–water partition coefficient (Wildman–Crippen LogP) is 3.05. The molecular formula is C30H36N10. The molecule has 0 fully saturated rings. The van der Waals surface area contributed by atoms with E-state index in [4.69, 9.17) is 17.5 Å². The largest absolute Gasteiger partial charge is 0.323 e. The molecule has 0 unspecified atom stereocenters. The number of hydrogen-bond acceptors (Lipinski definition) is 10. The van der Waals surface area contributed by atoms with Gasteiger partial charge in [-0.2, -0.15) is 15.3 Å². The average molecular weight is 537 g/mol. The SMILES string of the molecule is N/N=C(\C=NCc1ccccc1)CN(C/C(C=NCc1ccccc1)=N/N)C/C(C=NCc1ccccc1)=N/N. The quantitative estimate of drug-likeness (QED) is 0.155. The molecule has 0 aliphatic heterocycles. The van der Waals surface area contributed by atoms with Crippen molar-refractivity contribution >= 4 is 35.8 Å². The fourth-order valence-corrected chi connectivity index (χ4v) is 3.72.